The zero-order valence-corrected chi connectivity index (χ0v) is 12.0. The molecule has 6 heteroatoms. The van der Waals surface area contributed by atoms with E-state index in [1.54, 1.807) is 25.4 Å². The lowest BCUT2D eigenvalue weighted by atomic mass is 10.1. The molecule has 0 aliphatic heterocycles. The SMILES string of the molecule is Cn1cc(CNCc2ccc(C#N)cc2)c(=O)n(C)c1=O. The first-order valence-corrected chi connectivity index (χ1v) is 6.48. The summed E-state index contributed by atoms with van der Waals surface area (Å²) >= 11 is 0. The molecule has 1 N–H and O–H groups in total. The zero-order chi connectivity index (χ0) is 15.4. The van der Waals surface area contributed by atoms with E-state index >= 15 is 0 Å². The van der Waals surface area contributed by atoms with Crippen LogP contribution in [0.3, 0.4) is 0 Å². The van der Waals surface area contributed by atoms with Crippen LogP contribution in [0, 0.1) is 11.3 Å². The highest BCUT2D eigenvalue weighted by Gasteiger charge is 2.06. The van der Waals surface area contributed by atoms with Crippen molar-refractivity contribution in [3.05, 3.63) is 68.0 Å². The van der Waals surface area contributed by atoms with Crippen LogP contribution in [0.1, 0.15) is 16.7 Å². The van der Waals surface area contributed by atoms with Crippen molar-refractivity contribution in [2.75, 3.05) is 0 Å². The standard InChI is InChI=1S/C15H16N4O2/c1-18-10-13(14(20)19(2)15(18)21)9-17-8-12-5-3-11(7-16)4-6-12/h3-6,10,17H,8-9H2,1-2H3. The summed E-state index contributed by atoms with van der Waals surface area (Å²) in [4.78, 5) is 23.5. The van der Waals surface area contributed by atoms with Crippen LogP contribution in [0.5, 0.6) is 0 Å². The van der Waals surface area contributed by atoms with E-state index in [9.17, 15) is 9.59 Å². The van der Waals surface area contributed by atoms with E-state index in [-0.39, 0.29) is 11.2 Å². The van der Waals surface area contributed by atoms with Crippen molar-refractivity contribution in [1.82, 2.24) is 14.5 Å². The maximum absolute atomic E-state index is 11.9. The molecule has 0 aliphatic carbocycles. The van der Waals surface area contributed by atoms with Crippen LogP contribution in [0.4, 0.5) is 0 Å². The Kier molecular flexibility index (Phi) is 4.36. The van der Waals surface area contributed by atoms with E-state index in [0.29, 0.717) is 24.2 Å². The summed E-state index contributed by atoms with van der Waals surface area (Å²) in [5.41, 5.74) is 1.55. The van der Waals surface area contributed by atoms with E-state index in [4.69, 9.17) is 5.26 Å². The molecule has 0 atom stereocenters. The summed E-state index contributed by atoms with van der Waals surface area (Å²) in [5.74, 6) is 0. The fourth-order valence-electron chi connectivity index (χ4n) is 2.04. The molecule has 1 aromatic carbocycles. The molecule has 0 saturated carbocycles. The number of benzene rings is 1. The van der Waals surface area contributed by atoms with E-state index < -0.39 is 0 Å². The van der Waals surface area contributed by atoms with Gasteiger partial charge in [0.2, 0.25) is 0 Å². The second-order valence-corrected chi connectivity index (χ2v) is 4.82. The Morgan fingerprint density at radius 3 is 2.43 bits per heavy atom. The van der Waals surface area contributed by atoms with Gasteiger partial charge in [-0.25, -0.2) is 4.79 Å². The number of nitrogens with zero attached hydrogens (tertiary/aromatic N) is 3. The molecule has 2 aromatic rings. The third kappa shape index (κ3) is 3.27. The zero-order valence-electron chi connectivity index (χ0n) is 12.0. The van der Waals surface area contributed by atoms with E-state index in [2.05, 4.69) is 11.4 Å². The molecule has 0 amide bonds. The molecule has 0 bridgehead atoms. The van der Waals surface area contributed by atoms with E-state index in [1.807, 2.05) is 12.1 Å². The van der Waals surface area contributed by atoms with Crippen LogP contribution < -0.4 is 16.6 Å². The summed E-state index contributed by atoms with van der Waals surface area (Å²) in [5, 5.41) is 11.9. The fourth-order valence-corrected chi connectivity index (χ4v) is 2.04. The average molecular weight is 284 g/mol. The molecule has 0 spiro atoms. The highest BCUT2D eigenvalue weighted by molar-refractivity contribution is 5.31. The fraction of sp³-hybridized carbons (Fsp3) is 0.267. The smallest absolute Gasteiger partial charge is 0.308 e. The van der Waals surface area contributed by atoms with Gasteiger partial charge in [0, 0.05) is 38.9 Å². The van der Waals surface area contributed by atoms with Crippen LogP contribution >= 0.6 is 0 Å². The number of hydrogen-bond acceptors (Lipinski definition) is 4. The maximum Gasteiger partial charge on any atom is 0.330 e. The molecule has 21 heavy (non-hydrogen) atoms. The van der Waals surface area contributed by atoms with Crippen molar-refractivity contribution in [3.63, 3.8) is 0 Å². The minimum Gasteiger partial charge on any atom is -0.308 e. The lowest BCUT2D eigenvalue weighted by molar-refractivity contribution is 0.630. The number of rotatable bonds is 4. The molecule has 0 saturated heterocycles. The Hall–Kier alpha value is -2.65. The Morgan fingerprint density at radius 1 is 1.14 bits per heavy atom. The summed E-state index contributed by atoms with van der Waals surface area (Å²) in [6.45, 7) is 0.957. The van der Waals surface area contributed by atoms with Crippen LogP contribution in [0.25, 0.3) is 0 Å². The van der Waals surface area contributed by atoms with Crippen LogP contribution in [0.15, 0.2) is 40.1 Å². The van der Waals surface area contributed by atoms with Crippen molar-refractivity contribution in [2.24, 2.45) is 14.1 Å². The first-order chi connectivity index (χ1) is 10.0. The minimum absolute atomic E-state index is 0.287. The highest BCUT2D eigenvalue weighted by Crippen LogP contribution is 2.03. The highest BCUT2D eigenvalue weighted by atomic mass is 16.2. The van der Waals surface area contributed by atoms with Crippen LogP contribution in [-0.2, 0) is 27.2 Å². The van der Waals surface area contributed by atoms with Crippen molar-refractivity contribution >= 4 is 0 Å². The number of nitriles is 1. The van der Waals surface area contributed by atoms with Gasteiger partial charge in [0.1, 0.15) is 0 Å². The maximum atomic E-state index is 11.9. The number of aromatic nitrogens is 2. The largest absolute Gasteiger partial charge is 0.330 e. The van der Waals surface area contributed by atoms with Gasteiger partial charge in [-0.05, 0) is 17.7 Å². The Bertz CT molecular complexity index is 794. The second kappa shape index (κ2) is 6.20. The second-order valence-electron chi connectivity index (χ2n) is 4.82. The molecule has 2 rings (SSSR count). The van der Waals surface area contributed by atoms with Crippen molar-refractivity contribution in [1.29, 1.82) is 5.26 Å². The van der Waals surface area contributed by atoms with Gasteiger partial charge in [-0.15, -0.1) is 0 Å². The molecule has 0 radical (unpaired) electrons. The van der Waals surface area contributed by atoms with Crippen molar-refractivity contribution < 1.29 is 0 Å². The van der Waals surface area contributed by atoms with Crippen LogP contribution in [-0.4, -0.2) is 9.13 Å². The van der Waals surface area contributed by atoms with Gasteiger partial charge in [-0.2, -0.15) is 5.26 Å². The van der Waals surface area contributed by atoms with Gasteiger partial charge in [0.15, 0.2) is 0 Å². The average Bonchev–Trinajstić information content (AvgIpc) is 2.51. The van der Waals surface area contributed by atoms with Gasteiger partial charge < -0.3 is 9.88 Å². The third-order valence-corrected chi connectivity index (χ3v) is 3.25. The predicted octanol–water partition coefficient (Wildman–Crippen LogP) is 0.245. The third-order valence-electron chi connectivity index (χ3n) is 3.25. The van der Waals surface area contributed by atoms with Crippen LogP contribution in [0.2, 0.25) is 0 Å². The molecule has 1 heterocycles. The minimum atomic E-state index is -0.337. The van der Waals surface area contributed by atoms with Crippen molar-refractivity contribution in [3.8, 4) is 6.07 Å². The number of hydrogen-bond donors (Lipinski definition) is 1. The molecule has 1 aromatic heterocycles. The first-order valence-electron chi connectivity index (χ1n) is 6.48. The number of nitrogens with one attached hydrogen (secondary N) is 1. The summed E-state index contributed by atoms with van der Waals surface area (Å²) in [6, 6.07) is 9.30. The quantitative estimate of drug-likeness (QED) is 0.872. The van der Waals surface area contributed by atoms with Gasteiger partial charge >= 0.3 is 5.69 Å². The van der Waals surface area contributed by atoms with Crippen molar-refractivity contribution in [2.45, 2.75) is 13.1 Å². The topological polar surface area (TPSA) is 79.8 Å². The van der Waals surface area contributed by atoms with Gasteiger partial charge in [0.05, 0.1) is 11.6 Å². The molecule has 6 nitrogen and oxygen atoms in total. The lowest BCUT2D eigenvalue weighted by Gasteiger charge is -2.08. The molecule has 0 aliphatic rings. The van der Waals surface area contributed by atoms with Gasteiger partial charge in [-0.1, -0.05) is 12.1 Å². The predicted molar refractivity (Wildman–Crippen MR) is 78.6 cm³/mol. The molecule has 0 unspecified atom stereocenters. The normalized spacial score (nSPS) is 10.3. The summed E-state index contributed by atoms with van der Waals surface area (Å²) in [7, 11) is 3.08. The molecule has 108 valence electrons. The summed E-state index contributed by atoms with van der Waals surface area (Å²) < 4.78 is 2.48. The Labute approximate surface area is 121 Å². The van der Waals surface area contributed by atoms with E-state index in [1.165, 1.54) is 11.6 Å². The summed E-state index contributed by atoms with van der Waals surface area (Å²) in [6.07, 6.45) is 1.55. The van der Waals surface area contributed by atoms with Gasteiger partial charge in [-0.3, -0.25) is 9.36 Å². The molecular weight excluding hydrogens is 268 g/mol. The Morgan fingerprint density at radius 2 is 1.81 bits per heavy atom. The first kappa shape index (κ1) is 14.8. The molecular formula is C15H16N4O2. The lowest BCUT2D eigenvalue weighted by Crippen LogP contribution is -2.39. The number of aryl methyl sites for hydroxylation is 1. The monoisotopic (exact) mass is 284 g/mol. The van der Waals surface area contributed by atoms with E-state index in [0.717, 1.165) is 10.1 Å². The Balaban J connectivity index is 2.05. The molecule has 0 fully saturated rings. The van der Waals surface area contributed by atoms with Gasteiger partial charge in [0.25, 0.3) is 5.56 Å².